The Morgan fingerprint density at radius 2 is 0.750 bits per heavy atom. The molecule has 0 aliphatic carbocycles. The molecule has 0 aliphatic rings. The molecule has 2 rings (SSSR count). The average molecular weight is 262 g/mol. The third kappa shape index (κ3) is 2.94. The van der Waals surface area contributed by atoms with E-state index < -0.39 is 0 Å². The van der Waals surface area contributed by atoms with Gasteiger partial charge < -0.3 is 0 Å². The van der Waals surface area contributed by atoms with Gasteiger partial charge in [0.15, 0.2) is 0 Å². The van der Waals surface area contributed by atoms with E-state index in [0.717, 1.165) is 11.1 Å². The average Bonchev–Trinajstić information content (AvgIpc) is 2.30. The number of hydrogen-bond donors (Lipinski definition) is 0. The predicted molar refractivity (Wildman–Crippen MR) is 87.3 cm³/mol. The summed E-state index contributed by atoms with van der Waals surface area (Å²) in [5, 5.41) is 0. The minimum absolute atomic E-state index is 1.16. The van der Waals surface area contributed by atoms with E-state index in [2.05, 4.69) is 77.6 Å². The number of benzene rings is 2. The zero-order valence-electron chi connectivity index (χ0n) is 13.3. The van der Waals surface area contributed by atoms with Gasteiger partial charge in [-0.1, -0.05) is 47.2 Å². The zero-order valence-corrected chi connectivity index (χ0v) is 13.3. The SMILES string of the molecule is Cc1cc(C)c(C#Cc2c(C)cc(C)cc2C)c(C)c1. The Hall–Kier alpha value is -2.00. The Morgan fingerprint density at radius 1 is 0.500 bits per heavy atom. The summed E-state index contributed by atoms with van der Waals surface area (Å²) in [6.45, 7) is 12.8. The minimum Gasteiger partial charge on any atom is -0.0611 e. The highest BCUT2D eigenvalue weighted by molar-refractivity contribution is 5.55. The molecule has 0 bridgehead atoms. The van der Waals surface area contributed by atoms with Crippen LogP contribution in [0.3, 0.4) is 0 Å². The largest absolute Gasteiger partial charge is 0.0611 e. The van der Waals surface area contributed by atoms with Crippen LogP contribution in [0.4, 0.5) is 0 Å². The van der Waals surface area contributed by atoms with Crippen LogP contribution in [0.5, 0.6) is 0 Å². The lowest BCUT2D eigenvalue weighted by molar-refractivity contribution is 1.29. The van der Waals surface area contributed by atoms with Gasteiger partial charge in [-0.05, 0) is 63.8 Å². The number of hydrogen-bond acceptors (Lipinski definition) is 0. The lowest BCUT2D eigenvalue weighted by Gasteiger charge is -2.07. The highest BCUT2D eigenvalue weighted by atomic mass is 14.1. The topological polar surface area (TPSA) is 0 Å². The van der Waals surface area contributed by atoms with Crippen molar-refractivity contribution in [3.05, 3.63) is 68.8 Å². The smallest absolute Gasteiger partial charge is 0.0307 e. The zero-order chi connectivity index (χ0) is 14.9. The van der Waals surface area contributed by atoms with Crippen molar-refractivity contribution in [2.45, 2.75) is 41.5 Å². The molecule has 0 heteroatoms. The Labute approximate surface area is 122 Å². The summed E-state index contributed by atoms with van der Waals surface area (Å²) in [4.78, 5) is 0. The van der Waals surface area contributed by atoms with Crippen molar-refractivity contribution in [2.75, 3.05) is 0 Å². The van der Waals surface area contributed by atoms with Crippen LogP contribution in [0.2, 0.25) is 0 Å². The maximum Gasteiger partial charge on any atom is 0.0307 e. The van der Waals surface area contributed by atoms with Crippen molar-refractivity contribution in [3.8, 4) is 11.8 Å². The molecule has 0 aliphatic heterocycles. The van der Waals surface area contributed by atoms with E-state index in [-0.39, 0.29) is 0 Å². The lowest BCUT2D eigenvalue weighted by atomic mass is 9.97. The number of aryl methyl sites for hydroxylation is 6. The van der Waals surface area contributed by atoms with E-state index in [1.807, 2.05) is 0 Å². The molecule has 2 aromatic rings. The minimum atomic E-state index is 1.16. The molecule has 0 amide bonds. The molecule has 20 heavy (non-hydrogen) atoms. The van der Waals surface area contributed by atoms with Crippen LogP contribution in [0.1, 0.15) is 44.5 Å². The van der Waals surface area contributed by atoms with Crippen LogP contribution in [0.15, 0.2) is 24.3 Å². The van der Waals surface area contributed by atoms with Gasteiger partial charge in [-0.25, -0.2) is 0 Å². The third-order valence-electron chi connectivity index (χ3n) is 3.67. The molecule has 2 aromatic carbocycles. The second kappa shape index (κ2) is 5.55. The molecular formula is C20H22. The van der Waals surface area contributed by atoms with E-state index in [1.165, 1.54) is 33.4 Å². The second-order valence-corrected chi connectivity index (χ2v) is 5.80. The van der Waals surface area contributed by atoms with Crippen LogP contribution in [0.25, 0.3) is 0 Å². The summed E-state index contributed by atoms with van der Waals surface area (Å²) >= 11 is 0. The summed E-state index contributed by atoms with van der Waals surface area (Å²) < 4.78 is 0. The van der Waals surface area contributed by atoms with Crippen LogP contribution in [-0.2, 0) is 0 Å². The van der Waals surface area contributed by atoms with Gasteiger partial charge in [-0.15, -0.1) is 0 Å². The van der Waals surface area contributed by atoms with Crippen molar-refractivity contribution in [3.63, 3.8) is 0 Å². The summed E-state index contributed by atoms with van der Waals surface area (Å²) in [5.41, 5.74) is 9.97. The van der Waals surface area contributed by atoms with E-state index in [9.17, 15) is 0 Å². The van der Waals surface area contributed by atoms with Crippen LogP contribution < -0.4 is 0 Å². The Bertz CT molecular complexity index is 614. The highest BCUT2D eigenvalue weighted by Gasteiger charge is 2.03. The van der Waals surface area contributed by atoms with Gasteiger partial charge in [-0.3, -0.25) is 0 Å². The summed E-state index contributed by atoms with van der Waals surface area (Å²) in [6, 6.07) is 8.80. The Kier molecular flexibility index (Phi) is 4.00. The predicted octanol–water partition coefficient (Wildman–Crippen LogP) is 4.94. The molecule has 0 heterocycles. The van der Waals surface area contributed by atoms with Gasteiger partial charge >= 0.3 is 0 Å². The first-order valence-corrected chi connectivity index (χ1v) is 7.06. The molecule has 0 aromatic heterocycles. The molecule has 0 radical (unpaired) electrons. The molecule has 0 N–H and O–H groups in total. The van der Waals surface area contributed by atoms with Gasteiger partial charge in [0.2, 0.25) is 0 Å². The normalized spacial score (nSPS) is 10.1. The number of rotatable bonds is 0. The molecule has 0 spiro atoms. The third-order valence-corrected chi connectivity index (χ3v) is 3.67. The molecule has 0 nitrogen and oxygen atoms in total. The highest BCUT2D eigenvalue weighted by Crippen LogP contribution is 2.18. The Morgan fingerprint density at radius 3 is 1.00 bits per heavy atom. The van der Waals surface area contributed by atoms with E-state index >= 15 is 0 Å². The summed E-state index contributed by atoms with van der Waals surface area (Å²) in [5.74, 6) is 6.75. The van der Waals surface area contributed by atoms with E-state index in [1.54, 1.807) is 0 Å². The maximum atomic E-state index is 3.38. The second-order valence-electron chi connectivity index (χ2n) is 5.80. The summed E-state index contributed by atoms with van der Waals surface area (Å²) in [7, 11) is 0. The van der Waals surface area contributed by atoms with E-state index in [4.69, 9.17) is 0 Å². The van der Waals surface area contributed by atoms with Crippen molar-refractivity contribution in [1.82, 2.24) is 0 Å². The standard InChI is InChI=1S/C20H22/c1-13-9-15(3)19(16(4)10-13)7-8-20-17(5)11-14(2)12-18(20)6/h9-12H,1-6H3. The van der Waals surface area contributed by atoms with Crippen LogP contribution >= 0.6 is 0 Å². The summed E-state index contributed by atoms with van der Waals surface area (Å²) in [6.07, 6.45) is 0. The molecule has 0 unspecified atom stereocenters. The quantitative estimate of drug-likeness (QED) is 0.590. The van der Waals surface area contributed by atoms with Crippen molar-refractivity contribution in [2.24, 2.45) is 0 Å². The molecule has 0 atom stereocenters. The van der Waals surface area contributed by atoms with Crippen LogP contribution in [0, 0.1) is 53.4 Å². The monoisotopic (exact) mass is 262 g/mol. The van der Waals surface area contributed by atoms with Crippen molar-refractivity contribution >= 4 is 0 Å². The van der Waals surface area contributed by atoms with Gasteiger partial charge in [0.25, 0.3) is 0 Å². The maximum absolute atomic E-state index is 3.38. The first-order valence-electron chi connectivity index (χ1n) is 7.06. The fourth-order valence-corrected chi connectivity index (χ4v) is 2.88. The van der Waals surface area contributed by atoms with Gasteiger partial charge in [0.05, 0.1) is 0 Å². The van der Waals surface area contributed by atoms with Crippen LogP contribution in [-0.4, -0.2) is 0 Å². The van der Waals surface area contributed by atoms with Crippen molar-refractivity contribution < 1.29 is 0 Å². The Balaban J connectivity index is 2.52. The van der Waals surface area contributed by atoms with E-state index in [0.29, 0.717) is 0 Å². The molecule has 0 saturated carbocycles. The van der Waals surface area contributed by atoms with Gasteiger partial charge in [0, 0.05) is 11.1 Å². The van der Waals surface area contributed by atoms with Gasteiger partial charge in [-0.2, -0.15) is 0 Å². The van der Waals surface area contributed by atoms with Gasteiger partial charge in [0.1, 0.15) is 0 Å². The molecular weight excluding hydrogens is 240 g/mol. The fraction of sp³-hybridized carbons (Fsp3) is 0.300. The van der Waals surface area contributed by atoms with Crippen molar-refractivity contribution in [1.29, 1.82) is 0 Å². The molecule has 102 valence electrons. The first kappa shape index (κ1) is 14.4. The first-order chi connectivity index (χ1) is 9.38. The molecule has 0 fully saturated rings. The lowest BCUT2D eigenvalue weighted by Crippen LogP contribution is -1.92. The molecule has 0 saturated heterocycles. The fourth-order valence-electron chi connectivity index (χ4n) is 2.88.